The molecule has 0 radical (unpaired) electrons. The predicted molar refractivity (Wildman–Crippen MR) is 90.7 cm³/mol. The summed E-state index contributed by atoms with van der Waals surface area (Å²) < 4.78 is 0. The molecule has 0 bridgehead atoms. The molecule has 0 amide bonds. The van der Waals surface area contributed by atoms with Gasteiger partial charge in [-0.2, -0.15) is 5.26 Å². The lowest BCUT2D eigenvalue weighted by molar-refractivity contribution is 0.597. The zero-order chi connectivity index (χ0) is 15.2. The minimum Gasteiger partial charge on any atom is -0.368 e. The number of unbranched alkanes of at least 4 members (excludes halogenated alkanes) is 1. The van der Waals surface area contributed by atoms with Crippen LogP contribution in [0.1, 0.15) is 45.6 Å². The molecule has 1 atom stereocenters. The van der Waals surface area contributed by atoms with Crippen LogP contribution in [0, 0.1) is 11.3 Å². The van der Waals surface area contributed by atoms with E-state index in [0.29, 0.717) is 6.04 Å². The van der Waals surface area contributed by atoms with Crippen molar-refractivity contribution in [2.45, 2.75) is 46.1 Å². The third kappa shape index (κ3) is 3.19. The summed E-state index contributed by atoms with van der Waals surface area (Å²) in [6.07, 6.45) is 3.51. The lowest BCUT2D eigenvalue weighted by Gasteiger charge is -2.32. The number of rotatable bonds is 6. The van der Waals surface area contributed by atoms with E-state index in [9.17, 15) is 5.26 Å². The quantitative estimate of drug-likeness (QED) is 0.734. The van der Waals surface area contributed by atoms with E-state index in [4.69, 9.17) is 0 Å². The van der Waals surface area contributed by atoms with Gasteiger partial charge in [0.15, 0.2) is 0 Å². The Morgan fingerprint density at radius 2 is 1.81 bits per heavy atom. The molecular formula is C19H24N2. The zero-order valence-electron chi connectivity index (χ0n) is 13.3. The highest BCUT2D eigenvalue weighted by atomic mass is 15.2. The lowest BCUT2D eigenvalue weighted by atomic mass is 10.0. The Bertz CT molecular complexity index is 640. The van der Waals surface area contributed by atoms with Gasteiger partial charge in [-0.3, -0.25) is 0 Å². The van der Waals surface area contributed by atoms with Gasteiger partial charge in [-0.05, 0) is 31.9 Å². The largest absolute Gasteiger partial charge is 0.368 e. The number of nitrogens with zero attached hydrogens (tertiary/aromatic N) is 2. The fraction of sp³-hybridized carbons (Fsp3) is 0.421. The average Bonchev–Trinajstić information content (AvgIpc) is 2.54. The molecule has 0 heterocycles. The summed E-state index contributed by atoms with van der Waals surface area (Å²) in [4.78, 5) is 2.49. The molecule has 2 nitrogen and oxygen atoms in total. The number of fused-ring (bicyclic) bond motifs is 1. The Balaban J connectivity index is 2.55. The molecular weight excluding hydrogens is 256 g/mol. The molecule has 0 aliphatic carbocycles. The molecule has 0 N–H and O–H groups in total. The molecule has 2 heteroatoms. The Morgan fingerprint density at radius 3 is 2.43 bits per heavy atom. The number of nitriles is 1. The number of hydrogen-bond acceptors (Lipinski definition) is 2. The predicted octanol–water partition coefficient (Wildman–Crippen LogP) is 5.12. The zero-order valence-corrected chi connectivity index (χ0v) is 13.3. The standard InChI is InChI=1S/C19H24N2/c1-4-6-13-21(15(3)5-2)19-12-11-16(14-20)17-9-7-8-10-18(17)19/h7-12,15H,4-6,13H2,1-3H3. The van der Waals surface area contributed by atoms with Crippen molar-refractivity contribution in [3.05, 3.63) is 42.0 Å². The minimum atomic E-state index is 0.507. The number of benzene rings is 2. The van der Waals surface area contributed by atoms with Crippen molar-refractivity contribution in [1.82, 2.24) is 0 Å². The highest BCUT2D eigenvalue weighted by Crippen LogP contribution is 2.31. The summed E-state index contributed by atoms with van der Waals surface area (Å²) >= 11 is 0. The monoisotopic (exact) mass is 280 g/mol. The molecule has 110 valence electrons. The molecule has 21 heavy (non-hydrogen) atoms. The maximum atomic E-state index is 9.30. The average molecular weight is 280 g/mol. The van der Waals surface area contributed by atoms with Crippen molar-refractivity contribution in [1.29, 1.82) is 5.26 Å². The maximum absolute atomic E-state index is 9.30. The molecule has 0 aliphatic rings. The fourth-order valence-electron chi connectivity index (χ4n) is 2.76. The second kappa shape index (κ2) is 7.13. The van der Waals surface area contributed by atoms with Gasteiger partial charge >= 0.3 is 0 Å². The molecule has 1 unspecified atom stereocenters. The molecule has 2 aromatic carbocycles. The highest BCUT2D eigenvalue weighted by molar-refractivity contribution is 5.97. The number of hydrogen-bond donors (Lipinski definition) is 0. The molecule has 2 rings (SSSR count). The third-order valence-electron chi connectivity index (χ3n) is 4.21. The maximum Gasteiger partial charge on any atom is 0.0998 e. The molecule has 0 aromatic heterocycles. The Kier molecular flexibility index (Phi) is 5.22. The van der Waals surface area contributed by atoms with Gasteiger partial charge in [0, 0.05) is 29.0 Å². The summed E-state index contributed by atoms with van der Waals surface area (Å²) in [6.45, 7) is 7.81. The van der Waals surface area contributed by atoms with Gasteiger partial charge in [-0.25, -0.2) is 0 Å². The topological polar surface area (TPSA) is 27.0 Å². The lowest BCUT2D eigenvalue weighted by Crippen LogP contribution is -2.33. The van der Waals surface area contributed by atoms with Crippen molar-refractivity contribution in [2.24, 2.45) is 0 Å². The summed E-state index contributed by atoms with van der Waals surface area (Å²) in [5, 5.41) is 11.5. The van der Waals surface area contributed by atoms with Gasteiger partial charge in [-0.15, -0.1) is 0 Å². The van der Waals surface area contributed by atoms with Gasteiger partial charge < -0.3 is 4.90 Å². The smallest absolute Gasteiger partial charge is 0.0998 e. The Morgan fingerprint density at radius 1 is 1.10 bits per heavy atom. The summed E-state index contributed by atoms with van der Waals surface area (Å²) in [5.74, 6) is 0. The summed E-state index contributed by atoms with van der Waals surface area (Å²) in [5.41, 5.74) is 2.02. The summed E-state index contributed by atoms with van der Waals surface area (Å²) in [7, 11) is 0. The SMILES string of the molecule is CCCCN(c1ccc(C#N)c2ccccc12)C(C)CC. The normalized spacial score (nSPS) is 12.1. The number of anilines is 1. The van der Waals surface area contributed by atoms with E-state index < -0.39 is 0 Å². The van der Waals surface area contributed by atoms with Crippen LogP contribution >= 0.6 is 0 Å². The van der Waals surface area contributed by atoms with Crippen LogP contribution < -0.4 is 4.90 Å². The van der Waals surface area contributed by atoms with Gasteiger partial charge in [0.2, 0.25) is 0 Å². The fourth-order valence-corrected chi connectivity index (χ4v) is 2.76. The first-order chi connectivity index (χ1) is 10.2. The second-order valence-corrected chi connectivity index (χ2v) is 5.59. The van der Waals surface area contributed by atoms with Gasteiger partial charge in [-0.1, -0.05) is 44.5 Å². The van der Waals surface area contributed by atoms with Crippen molar-refractivity contribution in [3.8, 4) is 6.07 Å². The summed E-state index contributed by atoms with van der Waals surface area (Å²) in [6, 6.07) is 15.1. The van der Waals surface area contributed by atoms with Crippen LogP contribution in [0.2, 0.25) is 0 Å². The van der Waals surface area contributed by atoms with Crippen LogP contribution in [0.4, 0.5) is 5.69 Å². The van der Waals surface area contributed by atoms with Crippen LogP contribution in [0.3, 0.4) is 0 Å². The first-order valence-corrected chi connectivity index (χ1v) is 7.91. The van der Waals surface area contributed by atoms with Crippen LogP contribution in [0.25, 0.3) is 10.8 Å². The van der Waals surface area contributed by atoms with Crippen molar-refractivity contribution in [3.63, 3.8) is 0 Å². The van der Waals surface area contributed by atoms with Crippen LogP contribution in [0.15, 0.2) is 36.4 Å². The molecule has 2 aromatic rings. The molecule has 0 saturated heterocycles. The van der Waals surface area contributed by atoms with E-state index in [2.05, 4.69) is 49.9 Å². The van der Waals surface area contributed by atoms with Crippen LogP contribution in [-0.4, -0.2) is 12.6 Å². The van der Waals surface area contributed by atoms with E-state index in [0.717, 1.165) is 23.9 Å². The highest BCUT2D eigenvalue weighted by Gasteiger charge is 2.16. The van der Waals surface area contributed by atoms with Gasteiger partial charge in [0.05, 0.1) is 11.6 Å². The van der Waals surface area contributed by atoms with Crippen molar-refractivity contribution >= 4 is 16.5 Å². The van der Waals surface area contributed by atoms with Gasteiger partial charge in [0.25, 0.3) is 0 Å². The van der Waals surface area contributed by atoms with Crippen LogP contribution in [0.5, 0.6) is 0 Å². The first-order valence-electron chi connectivity index (χ1n) is 7.91. The third-order valence-corrected chi connectivity index (χ3v) is 4.21. The van der Waals surface area contributed by atoms with E-state index in [1.165, 1.54) is 23.9 Å². The van der Waals surface area contributed by atoms with E-state index in [-0.39, 0.29) is 0 Å². The Hall–Kier alpha value is -2.01. The first kappa shape index (κ1) is 15.4. The second-order valence-electron chi connectivity index (χ2n) is 5.59. The molecule has 0 fully saturated rings. The molecule has 0 spiro atoms. The van der Waals surface area contributed by atoms with Gasteiger partial charge in [0.1, 0.15) is 0 Å². The molecule has 0 saturated carbocycles. The minimum absolute atomic E-state index is 0.507. The van der Waals surface area contributed by atoms with E-state index in [1.807, 2.05) is 18.2 Å². The van der Waals surface area contributed by atoms with Crippen molar-refractivity contribution < 1.29 is 0 Å². The Labute approximate surface area is 128 Å². The van der Waals surface area contributed by atoms with Crippen LogP contribution in [-0.2, 0) is 0 Å². The molecule has 0 aliphatic heterocycles. The van der Waals surface area contributed by atoms with Crippen molar-refractivity contribution in [2.75, 3.05) is 11.4 Å². The van der Waals surface area contributed by atoms with E-state index in [1.54, 1.807) is 0 Å². The van der Waals surface area contributed by atoms with E-state index >= 15 is 0 Å².